The van der Waals surface area contributed by atoms with Gasteiger partial charge >= 0.3 is 12.2 Å². The molecular formula is C19H28N2O4. The lowest BCUT2D eigenvalue weighted by Gasteiger charge is -2.43. The zero-order valence-electron chi connectivity index (χ0n) is 15.7. The third kappa shape index (κ3) is 5.37. The maximum absolute atomic E-state index is 12.5. The average molecular weight is 348 g/mol. The predicted molar refractivity (Wildman–Crippen MR) is 95.2 cm³/mol. The van der Waals surface area contributed by atoms with Gasteiger partial charge in [0.25, 0.3) is 0 Å². The van der Waals surface area contributed by atoms with E-state index in [9.17, 15) is 9.59 Å². The number of rotatable bonds is 2. The second kappa shape index (κ2) is 7.76. The molecule has 25 heavy (non-hydrogen) atoms. The van der Waals surface area contributed by atoms with Crippen LogP contribution in [0, 0.1) is 0 Å². The minimum atomic E-state index is -0.532. The molecule has 0 unspecified atom stereocenters. The van der Waals surface area contributed by atoms with E-state index >= 15 is 0 Å². The van der Waals surface area contributed by atoms with E-state index in [1.807, 2.05) is 65.0 Å². The summed E-state index contributed by atoms with van der Waals surface area (Å²) < 4.78 is 10.9. The number of ether oxygens (including phenoxy) is 2. The molecule has 0 aliphatic carbocycles. The molecule has 0 aromatic heterocycles. The maximum atomic E-state index is 12.5. The Morgan fingerprint density at radius 3 is 2.12 bits per heavy atom. The summed E-state index contributed by atoms with van der Waals surface area (Å²) in [7, 11) is 0. The van der Waals surface area contributed by atoms with Gasteiger partial charge in [-0.05, 0) is 40.2 Å². The molecule has 1 aromatic rings. The van der Waals surface area contributed by atoms with E-state index in [4.69, 9.17) is 9.47 Å². The fourth-order valence-corrected chi connectivity index (χ4v) is 2.95. The molecule has 1 aliphatic rings. The minimum Gasteiger partial charge on any atom is -0.445 e. The van der Waals surface area contributed by atoms with Crippen LogP contribution < -0.4 is 0 Å². The molecule has 0 spiro atoms. The van der Waals surface area contributed by atoms with Gasteiger partial charge in [0.05, 0.1) is 12.1 Å². The van der Waals surface area contributed by atoms with Crippen LogP contribution in [0.4, 0.5) is 9.59 Å². The highest BCUT2D eigenvalue weighted by Gasteiger charge is 2.37. The number of hydrogen-bond acceptors (Lipinski definition) is 4. The van der Waals surface area contributed by atoms with Crippen molar-refractivity contribution in [2.45, 2.75) is 58.9 Å². The van der Waals surface area contributed by atoms with Crippen LogP contribution in [-0.2, 0) is 16.1 Å². The number of carbonyl (C=O) groups is 2. The SMILES string of the molecule is C[C@@H]1CN(C(=O)OC(C)(C)C)C[C@H](C)N1C(=O)OCc1ccccc1. The van der Waals surface area contributed by atoms with Crippen LogP contribution in [0.15, 0.2) is 30.3 Å². The van der Waals surface area contributed by atoms with Gasteiger partial charge in [-0.1, -0.05) is 30.3 Å². The van der Waals surface area contributed by atoms with Gasteiger partial charge in [0, 0.05) is 13.1 Å². The fraction of sp³-hybridized carbons (Fsp3) is 0.579. The molecule has 6 nitrogen and oxygen atoms in total. The van der Waals surface area contributed by atoms with Crippen molar-refractivity contribution in [2.24, 2.45) is 0 Å². The van der Waals surface area contributed by atoms with Crippen molar-refractivity contribution >= 4 is 12.2 Å². The normalized spacial score (nSPS) is 21.0. The quantitative estimate of drug-likeness (QED) is 0.818. The molecule has 0 radical (unpaired) electrons. The van der Waals surface area contributed by atoms with Crippen molar-refractivity contribution < 1.29 is 19.1 Å². The summed E-state index contributed by atoms with van der Waals surface area (Å²) in [5.74, 6) is 0. The van der Waals surface area contributed by atoms with E-state index in [0.29, 0.717) is 13.1 Å². The molecule has 1 aromatic carbocycles. The highest BCUT2D eigenvalue weighted by molar-refractivity contribution is 5.71. The third-order valence-electron chi connectivity index (χ3n) is 3.99. The fourth-order valence-electron chi connectivity index (χ4n) is 2.95. The first-order chi connectivity index (χ1) is 11.7. The first-order valence-corrected chi connectivity index (χ1v) is 8.64. The number of amides is 2. The second-order valence-corrected chi connectivity index (χ2v) is 7.53. The second-order valence-electron chi connectivity index (χ2n) is 7.53. The Morgan fingerprint density at radius 1 is 1.04 bits per heavy atom. The molecule has 0 N–H and O–H groups in total. The van der Waals surface area contributed by atoms with Crippen LogP contribution in [0.25, 0.3) is 0 Å². The molecule has 6 heteroatoms. The maximum Gasteiger partial charge on any atom is 0.410 e. The smallest absolute Gasteiger partial charge is 0.410 e. The molecule has 138 valence electrons. The number of nitrogens with zero attached hydrogens (tertiary/aromatic N) is 2. The molecule has 1 heterocycles. The largest absolute Gasteiger partial charge is 0.445 e. The Bertz CT molecular complexity index is 585. The Hall–Kier alpha value is -2.24. The summed E-state index contributed by atoms with van der Waals surface area (Å²) in [6.45, 7) is 10.5. The van der Waals surface area contributed by atoms with E-state index in [-0.39, 0.29) is 30.9 Å². The summed E-state index contributed by atoms with van der Waals surface area (Å²) in [6.07, 6.45) is -0.698. The zero-order valence-corrected chi connectivity index (χ0v) is 15.7. The summed E-state index contributed by atoms with van der Waals surface area (Å²) in [5, 5.41) is 0. The highest BCUT2D eigenvalue weighted by atomic mass is 16.6. The van der Waals surface area contributed by atoms with Crippen LogP contribution in [0.2, 0.25) is 0 Å². The average Bonchev–Trinajstić information content (AvgIpc) is 2.51. The highest BCUT2D eigenvalue weighted by Crippen LogP contribution is 2.20. The Balaban J connectivity index is 1.93. The Labute approximate surface area is 149 Å². The lowest BCUT2D eigenvalue weighted by Crippen LogP contribution is -2.60. The molecule has 1 saturated heterocycles. The monoisotopic (exact) mass is 348 g/mol. The van der Waals surface area contributed by atoms with Gasteiger partial charge in [-0.15, -0.1) is 0 Å². The molecule has 0 saturated carbocycles. The van der Waals surface area contributed by atoms with E-state index < -0.39 is 5.60 Å². The molecule has 2 rings (SSSR count). The minimum absolute atomic E-state index is 0.139. The van der Waals surface area contributed by atoms with Crippen molar-refractivity contribution in [3.63, 3.8) is 0 Å². The van der Waals surface area contributed by atoms with Gasteiger partial charge in [0.1, 0.15) is 12.2 Å². The molecule has 1 aliphatic heterocycles. The van der Waals surface area contributed by atoms with Gasteiger partial charge in [0.15, 0.2) is 0 Å². The van der Waals surface area contributed by atoms with Crippen LogP contribution in [0.3, 0.4) is 0 Å². The topological polar surface area (TPSA) is 59.1 Å². The van der Waals surface area contributed by atoms with Gasteiger partial charge in [0.2, 0.25) is 0 Å². The van der Waals surface area contributed by atoms with E-state index in [1.165, 1.54) is 0 Å². The van der Waals surface area contributed by atoms with Crippen molar-refractivity contribution in [2.75, 3.05) is 13.1 Å². The van der Waals surface area contributed by atoms with E-state index in [2.05, 4.69) is 0 Å². The number of benzene rings is 1. The number of carbonyl (C=O) groups excluding carboxylic acids is 2. The van der Waals surface area contributed by atoms with Crippen LogP contribution >= 0.6 is 0 Å². The first-order valence-electron chi connectivity index (χ1n) is 8.64. The molecule has 0 bridgehead atoms. The molecule has 2 amide bonds. The number of hydrogen-bond donors (Lipinski definition) is 0. The molecule has 2 atom stereocenters. The van der Waals surface area contributed by atoms with Gasteiger partial charge in [-0.3, -0.25) is 4.90 Å². The first kappa shape index (κ1) is 19.1. The standard InChI is InChI=1S/C19H28N2O4/c1-14-11-20(17(22)25-19(3,4)5)12-15(2)21(14)18(23)24-13-16-9-7-6-8-10-16/h6-10,14-15H,11-13H2,1-5H3/t14-,15+. The lowest BCUT2D eigenvalue weighted by atomic mass is 10.1. The van der Waals surface area contributed by atoms with E-state index in [0.717, 1.165) is 5.56 Å². The van der Waals surface area contributed by atoms with Crippen molar-refractivity contribution in [3.05, 3.63) is 35.9 Å². The van der Waals surface area contributed by atoms with Crippen molar-refractivity contribution in [3.8, 4) is 0 Å². The lowest BCUT2D eigenvalue weighted by molar-refractivity contribution is -0.00972. The number of piperazine rings is 1. The Kier molecular flexibility index (Phi) is 5.93. The molecular weight excluding hydrogens is 320 g/mol. The van der Waals surface area contributed by atoms with Gasteiger partial charge in [-0.2, -0.15) is 0 Å². The Morgan fingerprint density at radius 2 is 1.60 bits per heavy atom. The van der Waals surface area contributed by atoms with Crippen LogP contribution in [0.1, 0.15) is 40.2 Å². The van der Waals surface area contributed by atoms with Crippen molar-refractivity contribution in [1.82, 2.24) is 9.80 Å². The van der Waals surface area contributed by atoms with Crippen LogP contribution in [-0.4, -0.2) is 52.8 Å². The van der Waals surface area contributed by atoms with Gasteiger partial charge in [-0.25, -0.2) is 9.59 Å². The predicted octanol–water partition coefficient (Wildman–Crippen LogP) is 3.65. The van der Waals surface area contributed by atoms with E-state index in [1.54, 1.807) is 9.80 Å². The zero-order chi connectivity index (χ0) is 18.6. The third-order valence-corrected chi connectivity index (χ3v) is 3.99. The summed E-state index contributed by atoms with van der Waals surface area (Å²) in [5.41, 5.74) is 0.415. The summed E-state index contributed by atoms with van der Waals surface area (Å²) in [6, 6.07) is 9.30. The summed E-state index contributed by atoms with van der Waals surface area (Å²) in [4.78, 5) is 28.1. The molecule has 1 fully saturated rings. The van der Waals surface area contributed by atoms with Crippen molar-refractivity contribution in [1.29, 1.82) is 0 Å². The summed E-state index contributed by atoms with van der Waals surface area (Å²) >= 11 is 0. The van der Waals surface area contributed by atoms with Gasteiger partial charge < -0.3 is 14.4 Å². The van der Waals surface area contributed by atoms with Crippen LogP contribution in [0.5, 0.6) is 0 Å².